The van der Waals surface area contributed by atoms with E-state index in [1.54, 1.807) is 29.5 Å². The molecule has 0 aromatic carbocycles. The maximum Gasteiger partial charge on any atom is 0.422 e. The summed E-state index contributed by atoms with van der Waals surface area (Å²) < 4.78 is 41.3. The van der Waals surface area contributed by atoms with E-state index in [4.69, 9.17) is 0 Å². The lowest BCUT2D eigenvalue weighted by Crippen LogP contribution is -2.23. The number of hydrogen-bond acceptors (Lipinski definition) is 4. The highest BCUT2D eigenvalue weighted by atomic mass is 32.1. The molecule has 128 valence electrons. The summed E-state index contributed by atoms with van der Waals surface area (Å²) >= 11 is 1.55. The average Bonchev–Trinajstić information content (AvgIpc) is 2.94. The standard InChI is InChI=1S/C16H15F3N2O2S/c1-11-4-5-13(24-11)6-7-14(22)21-9-12-3-2-8-20-15(12)23-10-16(17,18)19/h2-8H,9-10H2,1H3,(H,21,22)/b7-6+. The summed E-state index contributed by atoms with van der Waals surface area (Å²) in [5, 5.41) is 2.59. The highest BCUT2D eigenvalue weighted by Crippen LogP contribution is 2.20. The van der Waals surface area contributed by atoms with Crippen LogP contribution in [0.25, 0.3) is 6.08 Å². The molecule has 0 fully saturated rings. The van der Waals surface area contributed by atoms with Crippen molar-refractivity contribution in [2.75, 3.05) is 6.61 Å². The number of rotatable bonds is 6. The lowest BCUT2D eigenvalue weighted by atomic mass is 10.2. The van der Waals surface area contributed by atoms with E-state index in [0.29, 0.717) is 5.56 Å². The molecule has 0 bridgehead atoms. The van der Waals surface area contributed by atoms with E-state index in [1.807, 2.05) is 19.1 Å². The molecule has 0 radical (unpaired) electrons. The van der Waals surface area contributed by atoms with E-state index in [0.717, 1.165) is 9.75 Å². The lowest BCUT2D eigenvalue weighted by molar-refractivity contribution is -0.154. The van der Waals surface area contributed by atoms with Crippen molar-refractivity contribution in [3.8, 4) is 5.88 Å². The Hall–Kier alpha value is -2.35. The number of thiophene rings is 1. The number of ether oxygens (including phenoxy) is 1. The number of carbonyl (C=O) groups excluding carboxylic acids is 1. The third kappa shape index (κ3) is 6.04. The van der Waals surface area contributed by atoms with Gasteiger partial charge in [-0.15, -0.1) is 11.3 Å². The van der Waals surface area contributed by atoms with Crippen LogP contribution in [0.4, 0.5) is 13.2 Å². The van der Waals surface area contributed by atoms with Crippen LogP contribution in [-0.2, 0) is 11.3 Å². The van der Waals surface area contributed by atoms with Gasteiger partial charge < -0.3 is 10.1 Å². The van der Waals surface area contributed by atoms with Crippen LogP contribution in [0.5, 0.6) is 5.88 Å². The Balaban J connectivity index is 1.91. The van der Waals surface area contributed by atoms with Crippen molar-refractivity contribution >= 4 is 23.3 Å². The fourth-order valence-electron chi connectivity index (χ4n) is 1.78. The van der Waals surface area contributed by atoms with Crippen molar-refractivity contribution in [1.82, 2.24) is 10.3 Å². The summed E-state index contributed by atoms with van der Waals surface area (Å²) in [7, 11) is 0. The average molecular weight is 356 g/mol. The molecule has 0 aliphatic rings. The Bertz CT molecular complexity index is 726. The zero-order valence-corrected chi connectivity index (χ0v) is 13.6. The highest BCUT2D eigenvalue weighted by Gasteiger charge is 2.29. The van der Waals surface area contributed by atoms with Gasteiger partial charge in [0.25, 0.3) is 0 Å². The summed E-state index contributed by atoms with van der Waals surface area (Å²) in [6.07, 6.45) is -0.0646. The molecular weight excluding hydrogens is 341 g/mol. The molecule has 2 heterocycles. The van der Waals surface area contributed by atoms with Crippen molar-refractivity contribution in [1.29, 1.82) is 0 Å². The number of alkyl halides is 3. The molecule has 0 saturated carbocycles. The van der Waals surface area contributed by atoms with Crippen LogP contribution in [0.3, 0.4) is 0 Å². The molecule has 0 aliphatic carbocycles. The first-order valence-electron chi connectivity index (χ1n) is 6.99. The summed E-state index contributed by atoms with van der Waals surface area (Å²) in [5.41, 5.74) is 0.371. The molecular formula is C16H15F3N2O2S. The highest BCUT2D eigenvalue weighted by molar-refractivity contribution is 7.12. The molecule has 2 rings (SSSR count). The van der Waals surface area contributed by atoms with Gasteiger partial charge in [-0.1, -0.05) is 6.07 Å². The number of carbonyl (C=O) groups is 1. The summed E-state index contributed by atoms with van der Waals surface area (Å²) in [6, 6.07) is 6.95. The molecule has 0 unspecified atom stereocenters. The molecule has 2 aromatic rings. The van der Waals surface area contributed by atoms with Gasteiger partial charge in [-0.2, -0.15) is 13.2 Å². The number of pyridine rings is 1. The minimum Gasteiger partial charge on any atom is -0.468 e. The van der Waals surface area contributed by atoms with Gasteiger partial charge in [0.2, 0.25) is 11.8 Å². The largest absolute Gasteiger partial charge is 0.468 e. The van der Waals surface area contributed by atoms with E-state index in [1.165, 1.54) is 12.3 Å². The molecule has 0 saturated heterocycles. The predicted molar refractivity (Wildman–Crippen MR) is 85.7 cm³/mol. The fourth-order valence-corrected chi connectivity index (χ4v) is 2.56. The van der Waals surface area contributed by atoms with Gasteiger partial charge >= 0.3 is 6.18 Å². The number of nitrogens with one attached hydrogen (secondary N) is 1. The van der Waals surface area contributed by atoms with E-state index in [9.17, 15) is 18.0 Å². The molecule has 4 nitrogen and oxygen atoms in total. The van der Waals surface area contributed by atoms with E-state index >= 15 is 0 Å². The van der Waals surface area contributed by atoms with Crippen LogP contribution in [0, 0.1) is 6.92 Å². The summed E-state index contributed by atoms with van der Waals surface area (Å²) in [6.45, 7) is 0.559. The molecule has 0 aliphatic heterocycles. The zero-order valence-electron chi connectivity index (χ0n) is 12.8. The van der Waals surface area contributed by atoms with Gasteiger partial charge in [0.05, 0.1) is 0 Å². The van der Waals surface area contributed by atoms with E-state index in [2.05, 4.69) is 15.0 Å². The normalized spacial score (nSPS) is 11.7. The summed E-state index contributed by atoms with van der Waals surface area (Å²) in [4.78, 5) is 17.6. The molecule has 8 heteroatoms. The van der Waals surface area contributed by atoms with Crippen molar-refractivity contribution < 1.29 is 22.7 Å². The maximum atomic E-state index is 12.2. The summed E-state index contributed by atoms with van der Waals surface area (Å²) in [5.74, 6) is -0.500. The number of halogens is 3. The van der Waals surface area contributed by atoms with Gasteiger partial charge in [-0.05, 0) is 31.2 Å². The van der Waals surface area contributed by atoms with Gasteiger partial charge in [0.1, 0.15) is 0 Å². The van der Waals surface area contributed by atoms with Crippen molar-refractivity contribution in [3.63, 3.8) is 0 Å². The number of aryl methyl sites for hydroxylation is 1. The fraction of sp³-hybridized carbons (Fsp3) is 0.250. The van der Waals surface area contributed by atoms with E-state index in [-0.39, 0.29) is 18.3 Å². The van der Waals surface area contributed by atoms with Gasteiger partial charge in [-0.3, -0.25) is 4.79 Å². The number of amides is 1. The topological polar surface area (TPSA) is 51.2 Å². The maximum absolute atomic E-state index is 12.2. The monoisotopic (exact) mass is 356 g/mol. The Morgan fingerprint density at radius 1 is 1.38 bits per heavy atom. The first-order chi connectivity index (χ1) is 11.3. The van der Waals surface area contributed by atoms with Crippen molar-refractivity contribution in [2.24, 2.45) is 0 Å². The minimum atomic E-state index is -4.44. The van der Waals surface area contributed by atoms with Crippen LogP contribution in [0.15, 0.2) is 36.5 Å². The number of aromatic nitrogens is 1. The number of nitrogens with zero attached hydrogens (tertiary/aromatic N) is 1. The Labute approximate surface area is 141 Å². The van der Waals surface area contributed by atoms with E-state index < -0.39 is 12.8 Å². The Kier molecular flexibility index (Phi) is 5.97. The first kappa shape index (κ1) is 18.0. The quantitative estimate of drug-likeness (QED) is 0.803. The van der Waals surface area contributed by atoms with Gasteiger partial charge in [0.15, 0.2) is 6.61 Å². The smallest absolute Gasteiger partial charge is 0.422 e. The Morgan fingerprint density at radius 3 is 2.83 bits per heavy atom. The SMILES string of the molecule is Cc1ccc(/C=C/C(=O)NCc2cccnc2OCC(F)(F)F)s1. The Morgan fingerprint density at radius 2 is 2.17 bits per heavy atom. The predicted octanol–water partition coefficient (Wildman–Crippen LogP) is 3.72. The first-order valence-corrected chi connectivity index (χ1v) is 7.81. The molecule has 1 N–H and O–H groups in total. The third-order valence-corrected chi connectivity index (χ3v) is 3.80. The molecule has 1 amide bonds. The van der Waals surface area contributed by atoms with Crippen LogP contribution in [-0.4, -0.2) is 23.7 Å². The van der Waals surface area contributed by atoms with Crippen LogP contribution in [0.2, 0.25) is 0 Å². The second kappa shape index (κ2) is 7.96. The zero-order chi connectivity index (χ0) is 17.6. The third-order valence-electron chi connectivity index (χ3n) is 2.84. The number of hydrogen-bond donors (Lipinski definition) is 1. The molecule has 0 spiro atoms. The molecule has 0 atom stereocenters. The van der Waals surface area contributed by atoms with Crippen LogP contribution in [0.1, 0.15) is 15.3 Å². The second-order valence-corrected chi connectivity index (χ2v) is 6.19. The minimum absolute atomic E-state index is 0.0215. The van der Waals surface area contributed by atoms with Crippen molar-refractivity contribution in [2.45, 2.75) is 19.6 Å². The van der Waals surface area contributed by atoms with Gasteiger partial charge in [-0.25, -0.2) is 4.98 Å². The second-order valence-electron chi connectivity index (χ2n) is 4.87. The van der Waals surface area contributed by atoms with Gasteiger partial charge in [0, 0.05) is 34.1 Å². The van der Waals surface area contributed by atoms with Crippen molar-refractivity contribution in [3.05, 3.63) is 51.9 Å². The molecule has 24 heavy (non-hydrogen) atoms. The molecule has 2 aromatic heterocycles. The van der Waals surface area contributed by atoms with Crippen LogP contribution < -0.4 is 10.1 Å². The lowest BCUT2D eigenvalue weighted by Gasteiger charge is -2.12. The van der Waals surface area contributed by atoms with Crippen LogP contribution >= 0.6 is 11.3 Å².